The second-order valence-corrected chi connectivity index (χ2v) is 7.55. The van der Waals surface area contributed by atoms with Gasteiger partial charge in [-0.05, 0) is 61.9 Å². The van der Waals surface area contributed by atoms with E-state index in [4.69, 9.17) is 9.47 Å². The number of anilines is 1. The summed E-state index contributed by atoms with van der Waals surface area (Å²) in [5.41, 5.74) is 1.96. The summed E-state index contributed by atoms with van der Waals surface area (Å²) in [6, 6.07) is 15.6. The molecule has 0 radical (unpaired) electrons. The fourth-order valence-electron chi connectivity index (χ4n) is 3.17. The van der Waals surface area contributed by atoms with Crippen LogP contribution in [0.15, 0.2) is 58.3 Å². The molecule has 0 saturated heterocycles. The van der Waals surface area contributed by atoms with Crippen molar-refractivity contribution in [3.8, 4) is 11.5 Å². The molecule has 1 aromatic heterocycles. The quantitative estimate of drug-likeness (QED) is 0.628. The summed E-state index contributed by atoms with van der Waals surface area (Å²) in [5, 5.41) is 0. The second kappa shape index (κ2) is 8.53. The molecule has 0 unspecified atom stereocenters. The molecule has 0 fully saturated rings. The van der Waals surface area contributed by atoms with E-state index in [9.17, 15) is 4.79 Å². The number of nitrogens with zero attached hydrogens (tertiary/aromatic N) is 3. The molecule has 3 aromatic rings. The summed E-state index contributed by atoms with van der Waals surface area (Å²) < 4.78 is 13.4. The first kappa shape index (κ1) is 19.3. The van der Waals surface area contributed by atoms with Crippen LogP contribution in [0.25, 0.3) is 6.08 Å². The van der Waals surface area contributed by atoms with Crippen LogP contribution in [-0.2, 0) is 6.67 Å². The molecule has 4 rings (SSSR count). The molecule has 7 heteroatoms. The highest BCUT2D eigenvalue weighted by Crippen LogP contribution is 2.20. The first-order chi connectivity index (χ1) is 14.2. The lowest BCUT2D eigenvalue weighted by Gasteiger charge is -2.25. The zero-order chi connectivity index (χ0) is 20.2. The number of rotatable bonds is 6. The fraction of sp³-hybridized carbons (Fsp3) is 0.273. The Labute approximate surface area is 173 Å². The zero-order valence-electron chi connectivity index (χ0n) is 16.5. The Hall–Kier alpha value is -3.06. The fourth-order valence-corrected chi connectivity index (χ4v) is 4.14. The average Bonchev–Trinajstić information content (AvgIpc) is 3.05. The lowest BCUT2D eigenvalue weighted by Crippen LogP contribution is -2.42. The summed E-state index contributed by atoms with van der Waals surface area (Å²) >= 11 is 1.43. The standard InChI is InChI=1S/C22H23N3O3S/c1-3-27-18-9-5-16(6-10-18)13-20-21(26)25-15-24(14-23-22(25)29-20)17-7-11-19(12-8-17)28-4-2/h5-13H,3-4,14-15H2,1-2H3/b20-13-. The monoisotopic (exact) mass is 409 g/mol. The Morgan fingerprint density at radius 2 is 1.62 bits per heavy atom. The molecule has 2 aromatic carbocycles. The molecule has 1 aliphatic heterocycles. The molecular formula is C22H23N3O3S. The topological polar surface area (TPSA) is 56.1 Å². The molecule has 0 spiro atoms. The van der Waals surface area contributed by atoms with E-state index >= 15 is 0 Å². The van der Waals surface area contributed by atoms with Gasteiger partial charge in [0.25, 0.3) is 5.56 Å². The highest BCUT2D eigenvalue weighted by molar-refractivity contribution is 7.07. The number of aromatic nitrogens is 1. The highest BCUT2D eigenvalue weighted by atomic mass is 32.1. The minimum atomic E-state index is -0.0155. The van der Waals surface area contributed by atoms with Crippen molar-refractivity contribution in [3.63, 3.8) is 0 Å². The first-order valence-electron chi connectivity index (χ1n) is 9.64. The summed E-state index contributed by atoms with van der Waals surface area (Å²) in [5.74, 6) is 1.67. The van der Waals surface area contributed by atoms with Crippen LogP contribution in [0.1, 0.15) is 19.4 Å². The van der Waals surface area contributed by atoms with E-state index in [1.807, 2.05) is 68.5 Å². The van der Waals surface area contributed by atoms with E-state index in [0.717, 1.165) is 27.6 Å². The molecule has 0 bridgehead atoms. The van der Waals surface area contributed by atoms with Crippen molar-refractivity contribution in [2.24, 2.45) is 4.99 Å². The highest BCUT2D eigenvalue weighted by Gasteiger charge is 2.16. The summed E-state index contributed by atoms with van der Waals surface area (Å²) in [6.07, 6.45) is 1.91. The summed E-state index contributed by atoms with van der Waals surface area (Å²) in [4.78, 5) is 20.3. The van der Waals surface area contributed by atoms with Gasteiger partial charge in [-0.3, -0.25) is 9.36 Å². The zero-order valence-corrected chi connectivity index (χ0v) is 17.3. The maximum atomic E-state index is 12.9. The van der Waals surface area contributed by atoms with Crippen molar-refractivity contribution < 1.29 is 9.47 Å². The predicted octanol–water partition coefficient (Wildman–Crippen LogP) is 2.59. The normalized spacial score (nSPS) is 13.7. The maximum Gasteiger partial charge on any atom is 0.271 e. The Morgan fingerprint density at radius 3 is 2.24 bits per heavy atom. The number of fused-ring (bicyclic) bond motifs is 1. The van der Waals surface area contributed by atoms with E-state index in [2.05, 4.69) is 9.89 Å². The molecule has 0 saturated carbocycles. The minimum absolute atomic E-state index is 0.0155. The van der Waals surface area contributed by atoms with E-state index in [1.54, 1.807) is 4.57 Å². The Morgan fingerprint density at radius 1 is 1.00 bits per heavy atom. The number of benzene rings is 2. The van der Waals surface area contributed by atoms with Crippen molar-refractivity contribution in [2.45, 2.75) is 20.5 Å². The third kappa shape index (κ3) is 4.19. The molecule has 0 amide bonds. The minimum Gasteiger partial charge on any atom is -0.494 e. The van der Waals surface area contributed by atoms with Crippen LogP contribution >= 0.6 is 11.3 Å². The summed E-state index contributed by atoms with van der Waals surface area (Å²) in [7, 11) is 0. The van der Waals surface area contributed by atoms with E-state index < -0.39 is 0 Å². The molecule has 0 N–H and O–H groups in total. The Balaban J connectivity index is 1.58. The van der Waals surface area contributed by atoms with Crippen LogP contribution in [0, 0.1) is 0 Å². The van der Waals surface area contributed by atoms with Gasteiger partial charge in [0, 0.05) is 5.69 Å². The van der Waals surface area contributed by atoms with Gasteiger partial charge in [0.15, 0.2) is 4.80 Å². The molecule has 150 valence electrons. The van der Waals surface area contributed by atoms with Crippen molar-refractivity contribution >= 4 is 23.1 Å². The van der Waals surface area contributed by atoms with Crippen LogP contribution in [0.5, 0.6) is 11.5 Å². The number of ether oxygens (including phenoxy) is 2. The van der Waals surface area contributed by atoms with E-state index in [0.29, 0.717) is 31.1 Å². The van der Waals surface area contributed by atoms with Gasteiger partial charge in [0.2, 0.25) is 0 Å². The molecule has 29 heavy (non-hydrogen) atoms. The van der Waals surface area contributed by atoms with Gasteiger partial charge >= 0.3 is 0 Å². The van der Waals surface area contributed by atoms with Gasteiger partial charge in [-0.2, -0.15) is 0 Å². The Bertz CT molecular complexity index is 1150. The van der Waals surface area contributed by atoms with Gasteiger partial charge in [-0.1, -0.05) is 23.5 Å². The first-order valence-corrected chi connectivity index (χ1v) is 10.5. The number of hydrogen-bond acceptors (Lipinski definition) is 6. The van der Waals surface area contributed by atoms with E-state index in [-0.39, 0.29) is 5.56 Å². The van der Waals surface area contributed by atoms with Gasteiger partial charge in [-0.25, -0.2) is 4.99 Å². The van der Waals surface area contributed by atoms with Gasteiger partial charge in [0.05, 0.1) is 17.7 Å². The van der Waals surface area contributed by atoms with Crippen LogP contribution in [0.2, 0.25) is 0 Å². The van der Waals surface area contributed by atoms with Crippen molar-refractivity contribution in [3.05, 3.63) is 73.8 Å². The smallest absolute Gasteiger partial charge is 0.271 e. The van der Waals surface area contributed by atoms with Crippen molar-refractivity contribution in [1.82, 2.24) is 4.57 Å². The number of thiazole rings is 1. The molecule has 0 aliphatic carbocycles. The van der Waals surface area contributed by atoms with Gasteiger partial charge in [0.1, 0.15) is 24.8 Å². The number of hydrogen-bond donors (Lipinski definition) is 0. The maximum absolute atomic E-state index is 12.9. The lowest BCUT2D eigenvalue weighted by atomic mass is 10.2. The summed E-state index contributed by atoms with van der Waals surface area (Å²) in [6.45, 7) is 6.20. The molecule has 1 aliphatic rings. The molecular weight excluding hydrogens is 386 g/mol. The van der Waals surface area contributed by atoms with Crippen LogP contribution in [0.3, 0.4) is 0 Å². The largest absolute Gasteiger partial charge is 0.494 e. The molecule has 6 nitrogen and oxygen atoms in total. The van der Waals surface area contributed by atoms with Crippen molar-refractivity contribution in [2.75, 3.05) is 24.8 Å². The lowest BCUT2D eigenvalue weighted by molar-refractivity contribution is 0.340. The SMILES string of the molecule is CCOc1ccc(/C=c2\sc3n(c2=O)CN(c2ccc(OCC)cc2)CN=3)cc1. The van der Waals surface area contributed by atoms with E-state index in [1.165, 1.54) is 11.3 Å². The predicted molar refractivity (Wildman–Crippen MR) is 115 cm³/mol. The van der Waals surface area contributed by atoms with Crippen molar-refractivity contribution in [1.29, 1.82) is 0 Å². The second-order valence-electron chi connectivity index (χ2n) is 6.54. The third-order valence-electron chi connectivity index (χ3n) is 4.58. The van der Waals surface area contributed by atoms with Crippen LogP contribution < -0.4 is 29.3 Å². The average molecular weight is 410 g/mol. The van der Waals surface area contributed by atoms with Gasteiger partial charge < -0.3 is 14.4 Å². The van der Waals surface area contributed by atoms with Crippen LogP contribution in [-0.4, -0.2) is 24.4 Å². The Kier molecular flexibility index (Phi) is 5.67. The molecule has 2 heterocycles. The van der Waals surface area contributed by atoms with Gasteiger partial charge in [-0.15, -0.1) is 0 Å². The molecule has 0 atom stereocenters. The van der Waals surface area contributed by atoms with Crippen LogP contribution in [0.4, 0.5) is 5.69 Å². The third-order valence-corrected chi connectivity index (χ3v) is 5.62.